The summed E-state index contributed by atoms with van der Waals surface area (Å²) in [6.07, 6.45) is 3.74. The van der Waals surface area contributed by atoms with Crippen molar-refractivity contribution >= 4 is 15.9 Å². The highest BCUT2D eigenvalue weighted by atomic mass is 79.9. The lowest BCUT2D eigenvalue weighted by atomic mass is 9.83. The summed E-state index contributed by atoms with van der Waals surface area (Å²) in [4.78, 5) is 0. The van der Waals surface area contributed by atoms with Crippen molar-refractivity contribution in [2.75, 3.05) is 13.1 Å². The zero-order chi connectivity index (χ0) is 15.0. The Kier molecular flexibility index (Phi) is 8.47. The van der Waals surface area contributed by atoms with E-state index in [1.165, 1.54) is 29.3 Å². The fraction of sp³-hybridized carbons (Fsp3) is 0.667. The molecule has 2 heteroatoms. The predicted octanol–water partition coefficient (Wildman–Crippen LogP) is 5.29. The third-order valence-corrected chi connectivity index (χ3v) is 4.61. The molecule has 0 bridgehead atoms. The van der Waals surface area contributed by atoms with Gasteiger partial charge in [-0.2, -0.15) is 0 Å². The Hall–Kier alpha value is -0.340. The number of rotatable bonds is 9. The molecule has 0 radical (unpaired) electrons. The summed E-state index contributed by atoms with van der Waals surface area (Å²) in [6.45, 7) is 11.5. The highest BCUT2D eigenvalue weighted by molar-refractivity contribution is 9.10. The van der Waals surface area contributed by atoms with Crippen LogP contribution in [0.3, 0.4) is 0 Å². The maximum atomic E-state index is 3.66. The first-order valence-corrected chi connectivity index (χ1v) is 8.81. The van der Waals surface area contributed by atoms with Gasteiger partial charge in [0.15, 0.2) is 0 Å². The van der Waals surface area contributed by atoms with Gasteiger partial charge in [0.25, 0.3) is 0 Å². The molecule has 1 atom stereocenters. The number of halogens is 1. The van der Waals surface area contributed by atoms with Crippen LogP contribution in [0.4, 0.5) is 0 Å². The van der Waals surface area contributed by atoms with Crippen LogP contribution in [0.15, 0.2) is 28.7 Å². The van der Waals surface area contributed by atoms with Gasteiger partial charge in [-0.3, -0.25) is 0 Å². The van der Waals surface area contributed by atoms with Crippen LogP contribution in [0.1, 0.15) is 46.1 Å². The van der Waals surface area contributed by atoms with Crippen LogP contribution in [0.5, 0.6) is 0 Å². The minimum Gasteiger partial charge on any atom is -0.316 e. The second-order valence-electron chi connectivity index (χ2n) is 6.22. The minimum atomic E-state index is 0.727. The predicted molar refractivity (Wildman–Crippen MR) is 93.1 cm³/mol. The van der Waals surface area contributed by atoms with Crippen molar-refractivity contribution in [3.8, 4) is 0 Å². The lowest BCUT2D eigenvalue weighted by Gasteiger charge is -2.26. The summed E-state index contributed by atoms with van der Waals surface area (Å²) in [5, 5.41) is 3.66. The summed E-state index contributed by atoms with van der Waals surface area (Å²) < 4.78 is 1.17. The van der Waals surface area contributed by atoms with Gasteiger partial charge in [-0.05, 0) is 55.0 Å². The van der Waals surface area contributed by atoms with Crippen molar-refractivity contribution in [2.24, 2.45) is 17.8 Å². The van der Waals surface area contributed by atoms with Crippen LogP contribution >= 0.6 is 15.9 Å². The minimum absolute atomic E-state index is 0.727. The molecule has 0 saturated heterocycles. The van der Waals surface area contributed by atoms with E-state index in [9.17, 15) is 0 Å². The van der Waals surface area contributed by atoms with Gasteiger partial charge in [0.2, 0.25) is 0 Å². The number of benzene rings is 1. The molecule has 0 spiro atoms. The summed E-state index contributed by atoms with van der Waals surface area (Å²) in [6, 6.07) is 8.81. The summed E-state index contributed by atoms with van der Waals surface area (Å²) in [5.74, 6) is 2.29. The van der Waals surface area contributed by atoms with Gasteiger partial charge in [-0.25, -0.2) is 0 Å². The Morgan fingerprint density at radius 2 is 1.55 bits per heavy atom. The molecule has 0 aliphatic carbocycles. The van der Waals surface area contributed by atoms with Crippen molar-refractivity contribution in [2.45, 2.75) is 47.0 Å². The molecule has 0 saturated carbocycles. The van der Waals surface area contributed by atoms with Gasteiger partial charge in [0, 0.05) is 4.47 Å². The molecule has 0 amide bonds. The van der Waals surface area contributed by atoms with Gasteiger partial charge in [-0.1, -0.05) is 68.6 Å². The SMILES string of the molecule is CCC(CC)C(CNCC(C)C)Cc1ccc(Br)cc1. The Labute approximate surface area is 133 Å². The van der Waals surface area contributed by atoms with Crippen molar-refractivity contribution in [3.63, 3.8) is 0 Å². The molecule has 1 aromatic carbocycles. The third-order valence-electron chi connectivity index (χ3n) is 4.09. The highest BCUT2D eigenvalue weighted by Gasteiger charge is 2.18. The molecule has 1 rings (SSSR count). The largest absolute Gasteiger partial charge is 0.316 e. The van der Waals surface area contributed by atoms with Gasteiger partial charge in [-0.15, -0.1) is 0 Å². The van der Waals surface area contributed by atoms with Crippen LogP contribution in [0, 0.1) is 17.8 Å². The average Bonchev–Trinajstić information content (AvgIpc) is 2.42. The summed E-state index contributed by atoms with van der Waals surface area (Å²) in [5.41, 5.74) is 1.46. The molecule has 0 aliphatic rings. The van der Waals surface area contributed by atoms with E-state index in [1.807, 2.05) is 0 Å². The third kappa shape index (κ3) is 6.41. The van der Waals surface area contributed by atoms with Crippen LogP contribution < -0.4 is 5.32 Å². The standard InChI is InChI=1S/C18H30BrN/c1-5-16(6-2)17(13-20-12-14(3)4)11-15-7-9-18(19)10-8-15/h7-10,14,16-17,20H,5-6,11-13H2,1-4H3. The van der Waals surface area contributed by atoms with E-state index in [0.717, 1.165) is 30.8 Å². The molecule has 20 heavy (non-hydrogen) atoms. The van der Waals surface area contributed by atoms with E-state index < -0.39 is 0 Å². The van der Waals surface area contributed by atoms with E-state index >= 15 is 0 Å². The lowest BCUT2D eigenvalue weighted by Crippen LogP contribution is -2.31. The maximum Gasteiger partial charge on any atom is 0.0175 e. The van der Waals surface area contributed by atoms with Crippen molar-refractivity contribution in [3.05, 3.63) is 34.3 Å². The highest BCUT2D eigenvalue weighted by Crippen LogP contribution is 2.24. The van der Waals surface area contributed by atoms with Crippen molar-refractivity contribution < 1.29 is 0 Å². The lowest BCUT2D eigenvalue weighted by molar-refractivity contribution is 0.294. The fourth-order valence-electron chi connectivity index (χ4n) is 2.84. The van der Waals surface area contributed by atoms with E-state index in [0.29, 0.717) is 0 Å². The fourth-order valence-corrected chi connectivity index (χ4v) is 3.11. The smallest absolute Gasteiger partial charge is 0.0175 e. The number of hydrogen-bond donors (Lipinski definition) is 1. The topological polar surface area (TPSA) is 12.0 Å². The van der Waals surface area contributed by atoms with Crippen LogP contribution in [-0.4, -0.2) is 13.1 Å². The van der Waals surface area contributed by atoms with E-state index in [2.05, 4.69) is 73.2 Å². The second-order valence-corrected chi connectivity index (χ2v) is 7.14. The molecule has 1 N–H and O–H groups in total. The average molecular weight is 340 g/mol. The molecule has 0 heterocycles. The molecule has 1 aromatic rings. The molecule has 114 valence electrons. The van der Waals surface area contributed by atoms with Gasteiger partial charge >= 0.3 is 0 Å². The molecular formula is C18H30BrN. The van der Waals surface area contributed by atoms with Gasteiger partial charge in [0.05, 0.1) is 0 Å². The maximum absolute atomic E-state index is 3.66. The van der Waals surface area contributed by atoms with Crippen molar-refractivity contribution in [1.82, 2.24) is 5.32 Å². The van der Waals surface area contributed by atoms with Crippen LogP contribution in [0.25, 0.3) is 0 Å². The Morgan fingerprint density at radius 3 is 2.05 bits per heavy atom. The first kappa shape index (κ1) is 17.7. The second kappa shape index (κ2) is 9.57. The Bertz CT molecular complexity index is 354. The molecule has 0 aromatic heterocycles. The first-order chi connectivity index (χ1) is 9.56. The molecule has 1 nitrogen and oxygen atoms in total. The molecule has 0 aliphatic heterocycles. The molecule has 0 fully saturated rings. The van der Waals surface area contributed by atoms with E-state index in [-0.39, 0.29) is 0 Å². The number of hydrogen-bond acceptors (Lipinski definition) is 1. The Balaban J connectivity index is 2.63. The molecular weight excluding hydrogens is 310 g/mol. The van der Waals surface area contributed by atoms with E-state index in [4.69, 9.17) is 0 Å². The first-order valence-electron chi connectivity index (χ1n) is 8.01. The zero-order valence-electron chi connectivity index (χ0n) is 13.5. The van der Waals surface area contributed by atoms with Gasteiger partial charge < -0.3 is 5.32 Å². The normalized spacial score (nSPS) is 13.2. The quantitative estimate of drug-likeness (QED) is 0.644. The summed E-state index contributed by atoms with van der Waals surface area (Å²) >= 11 is 3.51. The van der Waals surface area contributed by atoms with Gasteiger partial charge in [0.1, 0.15) is 0 Å². The van der Waals surface area contributed by atoms with E-state index in [1.54, 1.807) is 0 Å². The van der Waals surface area contributed by atoms with Crippen LogP contribution in [0.2, 0.25) is 0 Å². The molecule has 1 unspecified atom stereocenters. The summed E-state index contributed by atoms with van der Waals surface area (Å²) in [7, 11) is 0. The van der Waals surface area contributed by atoms with Crippen molar-refractivity contribution in [1.29, 1.82) is 0 Å². The Morgan fingerprint density at radius 1 is 0.950 bits per heavy atom. The zero-order valence-corrected chi connectivity index (χ0v) is 15.0. The van der Waals surface area contributed by atoms with Crippen LogP contribution in [-0.2, 0) is 6.42 Å². The number of nitrogens with one attached hydrogen (secondary N) is 1. The monoisotopic (exact) mass is 339 g/mol.